The van der Waals surface area contributed by atoms with E-state index in [0.29, 0.717) is 18.1 Å². The Balaban J connectivity index is 2.36. The van der Waals surface area contributed by atoms with E-state index < -0.39 is 0 Å². The zero-order valence-corrected chi connectivity index (χ0v) is 6.85. The molecule has 0 aromatic carbocycles. The van der Waals surface area contributed by atoms with Crippen LogP contribution in [0.1, 0.15) is 27.2 Å². The van der Waals surface area contributed by atoms with Crippen molar-refractivity contribution in [3.8, 4) is 0 Å². The fraction of sp³-hybridized carbons (Fsp3) is 0.667. The molecule has 0 aromatic heterocycles. The first-order chi connectivity index (χ1) is 4.54. The molecule has 0 N–H and O–H groups in total. The Bertz CT molecular complexity index is 171. The van der Waals surface area contributed by atoms with Crippen LogP contribution in [0.2, 0.25) is 0 Å². The van der Waals surface area contributed by atoms with E-state index in [1.165, 1.54) is 0 Å². The van der Waals surface area contributed by atoms with Crippen molar-refractivity contribution in [1.29, 1.82) is 0 Å². The zero-order chi connectivity index (χ0) is 7.78. The third-order valence-electron chi connectivity index (χ3n) is 1.86. The zero-order valence-electron chi connectivity index (χ0n) is 6.85. The van der Waals surface area contributed by atoms with Gasteiger partial charge in [-0.1, -0.05) is 26.0 Å². The van der Waals surface area contributed by atoms with Crippen molar-refractivity contribution < 1.29 is 4.79 Å². The molecule has 0 saturated carbocycles. The molecule has 0 heterocycles. The highest BCUT2D eigenvalue weighted by atomic mass is 16.1. The minimum Gasteiger partial charge on any atom is -0.298 e. The molecular weight excluding hydrogens is 124 g/mol. The lowest BCUT2D eigenvalue weighted by Gasteiger charge is -2.08. The molecule has 1 nitrogen and oxygen atoms in total. The van der Waals surface area contributed by atoms with Crippen molar-refractivity contribution in [3.63, 3.8) is 0 Å². The monoisotopic (exact) mass is 138 g/mol. The molecule has 0 aromatic rings. The summed E-state index contributed by atoms with van der Waals surface area (Å²) >= 11 is 0. The maximum Gasteiger partial charge on any atom is 0.146 e. The van der Waals surface area contributed by atoms with E-state index in [1.54, 1.807) is 0 Å². The van der Waals surface area contributed by atoms with Crippen molar-refractivity contribution >= 4 is 5.78 Å². The van der Waals surface area contributed by atoms with Crippen LogP contribution < -0.4 is 0 Å². The molecule has 0 bridgehead atoms. The predicted octanol–water partition coefficient (Wildman–Crippen LogP) is 2.18. The highest BCUT2D eigenvalue weighted by Crippen LogP contribution is 2.36. The summed E-state index contributed by atoms with van der Waals surface area (Å²) in [4.78, 5) is 11.3. The molecule has 1 rings (SSSR count). The largest absolute Gasteiger partial charge is 0.298 e. The maximum absolute atomic E-state index is 11.3. The fourth-order valence-electron chi connectivity index (χ4n) is 0.902. The summed E-state index contributed by atoms with van der Waals surface area (Å²) in [6.07, 6.45) is 4.65. The lowest BCUT2D eigenvalue weighted by atomic mass is 9.94. The van der Waals surface area contributed by atoms with Gasteiger partial charge in [-0.2, -0.15) is 0 Å². The van der Waals surface area contributed by atoms with Crippen molar-refractivity contribution in [3.05, 3.63) is 12.2 Å². The third kappa shape index (κ3) is 1.47. The molecule has 0 saturated heterocycles. The molecule has 1 heteroatoms. The van der Waals surface area contributed by atoms with Gasteiger partial charge in [0.15, 0.2) is 0 Å². The molecule has 0 amide bonds. The first kappa shape index (κ1) is 7.52. The Labute approximate surface area is 62.1 Å². The second kappa shape index (κ2) is 2.22. The quantitative estimate of drug-likeness (QED) is 0.546. The van der Waals surface area contributed by atoms with Crippen LogP contribution in [0, 0.1) is 11.3 Å². The number of rotatable bonds is 3. The van der Waals surface area contributed by atoms with E-state index in [-0.39, 0.29) is 5.41 Å². The number of hydrogen-bond acceptors (Lipinski definition) is 1. The van der Waals surface area contributed by atoms with Crippen LogP contribution in [0.25, 0.3) is 0 Å². The first-order valence-corrected chi connectivity index (χ1v) is 3.78. The Morgan fingerprint density at radius 3 is 2.30 bits per heavy atom. The SMILES string of the molecule is CC(C)CC(=O)C1(C)C=C1. The average molecular weight is 138 g/mol. The van der Waals surface area contributed by atoms with Crippen LogP contribution in [-0.4, -0.2) is 5.78 Å². The Kier molecular flexibility index (Phi) is 1.67. The van der Waals surface area contributed by atoms with Gasteiger partial charge in [0.2, 0.25) is 0 Å². The molecular formula is C9H14O. The lowest BCUT2D eigenvalue weighted by Crippen LogP contribution is -2.15. The maximum atomic E-state index is 11.3. The molecule has 1 aliphatic rings. The first-order valence-electron chi connectivity index (χ1n) is 3.78. The standard InChI is InChI=1S/C9H14O/c1-7(2)6-8(10)9(3)4-5-9/h4-5,7H,6H2,1-3H3. The highest BCUT2D eigenvalue weighted by molar-refractivity contribution is 5.92. The van der Waals surface area contributed by atoms with Gasteiger partial charge in [0.25, 0.3) is 0 Å². The summed E-state index contributed by atoms with van der Waals surface area (Å²) in [7, 11) is 0. The molecule has 0 spiro atoms. The van der Waals surface area contributed by atoms with Crippen molar-refractivity contribution in [2.45, 2.75) is 27.2 Å². The topological polar surface area (TPSA) is 17.1 Å². The predicted molar refractivity (Wildman–Crippen MR) is 41.7 cm³/mol. The number of carbonyl (C=O) groups excluding carboxylic acids is 1. The minimum absolute atomic E-state index is 0.149. The summed E-state index contributed by atoms with van der Waals surface area (Å²) in [6, 6.07) is 0. The van der Waals surface area contributed by atoms with Gasteiger partial charge in [-0.25, -0.2) is 0 Å². The van der Waals surface area contributed by atoms with Gasteiger partial charge in [-0.15, -0.1) is 0 Å². The summed E-state index contributed by atoms with van der Waals surface area (Å²) in [5, 5.41) is 0. The van der Waals surface area contributed by atoms with E-state index in [9.17, 15) is 4.79 Å². The second-order valence-electron chi connectivity index (χ2n) is 3.64. The van der Waals surface area contributed by atoms with E-state index in [2.05, 4.69) is 13.8 Å². The minimum atomic E-state index is -0.149. The normalized spacial score (nSPS) is 19.6. The van der Waals surface area contributed by atoms with E-state index >= 15 is 0 Å². The van der Waals surface area contributed by atoms with Crippen molar-refractivity contribution in [2.24, 2.45) is 11.3 Å². The molecule has 0 radical (unpaired) electrons. The number of ketones is 1. The van der Waals surface area contributed by atoms with E-state index in [4.69, 9.17) is 0 Å². The smallest absolute Gasteiger partial charge is 0.146 e. The van der Waals surface area contributed by atoms with Gasteiger partial charge in [-0.05, 0) is 12.8 Å². The molecule has 0 aliphatic heterocycles. The summed E-state index contributed by atoms with van der Waals surface area (Å²) in [6.45, 7) is 6.12. The molecule has 56 valence electrons. The van der Waals surface area contributed by atoms with Crippen molar-refractivity contribution in [2.75, 3.05) is 0 Å². The second-order valence-corrected chi connectivity index (χ2v) is 3.64. The highest BCUT2D eigenvalue weighted by Gasteiger charge is 2.35. The van der Waals surface area contributed by atoms with Crippen LogP contribution in [0.5, 0.6) is 0 Å². The van der Waals surface area contributed by atoms with E-state index in [0.717, 1.165) is 0 Å². The molecule has 10 heavy (non-hydrogen) atoms. The Morgan fingerprint density at radius 1 is 1.50 bits per heavy atom. The van der Waals surface area contributed by atoms with Crippen LogP contribution in [-0.2, 0) is 4.79 Å². The number of carbonyl (C=O) groups is 1. The van der Waals surface area contributed by atoms with Crippen LogP contribution in [0.4, 0.5) is 0 Å². The van der Waals surface area contributed by atoms with E-state index in [1.807, 2.05) is 19.1 Å². The van der Waals surface area contributed by atoms with Gasteiger partial charge in [0.1, 0.15) is 5.78 Å². The third-order valence-corrected chi connectivity index (χ3v) is 1.86. The molecule has 1 aliphatic carbocycles. The average Bonchev–Trinajstić information content (AvgIpc) is 2.47. The Hall–Kier alpha value is -0.590. The molecule has 0 atom stereocenters. The number of Topliss-reactive ketones (excluding diaryl/α,β-unsaturated/α-hetero) is 1. The number of hydrogen-bond donors (Lipinski definition) is 0. The van der Waals surface area contributed by atoms with Gasteiger partial charge < -0.3 is 0 Å². The molecule has 0 unspecified atom stereocenters. The summed E-state index contributed by atoms with van der Waals surface area (Å²) in [5.41, 5.74) is -0.149. The van der Waals surface area contributed by atoms with Gasteiger partial charge in [0.05, 0.1) is 5.41 Å². The summed E-state index contributed by atoms with van der Waals surface area (Å²) in [5.74, 6) is 0.856. The van der Waals surface area contributed by atoms with Crippen molar-refractivity contribution in [1.82, 2.24) is 0 Å². The molecule has 0 fully saturated rings. The Morgan fingerprint density at radius 2 is 2.00 bits per heavy atom. The number of allylic oxidation sites excluding steroid dienone is 2. The van der Waals surface area contributed by atoms with Crippen LogP contribution >= 0.6 is 0 Å². The van der Waals surface area contributed by atoms with Crippen LogP contribution in [0.15, 0.2) is 12.2 Å². The lowest BCUT2D eigenvalue weighted by molar-refractivity contribution is -0.123. The van der Waals surface area contributed by atoms with Crippen LogP contribution in [0.3, 0.4) is 0 Å². The van der Waals surface area contributed by atoms with Gasteiger partial charge in [-0.3, -0.25) is 4.79 Å². The summed E-state index contributed by atoms with van der Waals surface area (Å²) < 4.78 is 0. The fourth-order valence-corrected chi connectivity index (χ4v) is 0.902. The van der Waals surface area contributed by atoms with Gasteiger partial charge >= 0.3 is 0 Å². The van der Waals surface area contributed by atoms with Gasteiger partial charge in [0, 0.05) is 6.42 Å².